The van der Waals surface area contributed by atoms with E-state index in [9.17, 15) is 8.42 Å². The molecule has 1 atom stereocenters. The molecule has 1 aromatic rings. The van der Waals surface area contributed by atoms with Crippen LogP contribution >= 0.6 is 15.9 Å². The molecule has 1 aliphatic rings. The van der Waals surface area contributed by atoms with Crippen molar-refractivity contribution in [2.45, 2.75) is 25.4 Å². The molecule has 0 bridgehead atoms. The van der Waals surface area contributed by atoms with Crippen molar-refractivity contribution in [2.24, 2.45) is 7.05 Å². The van der Waals surface area contributed by atoms with Gasteiger partial charge in [-0.15, -0.1) is 0 Å². The standard InChI is InChI=1S/C10H16BrN3O2S/c1-14-6-9(11)10(13-14)5-12-8-3-2-4-17(15,16)7-8/h6,8,12H,2-5,7H2,1H3. The van der Waals surface area contributed by atoms with E-state index in [1.165, 1.54) is 0 Å². The first-order valence-corrected chi connectivity index (χ1v) is 8.19. The van der Waals surface area contributed by atoms with E-state index in [0.29, 0.717) is 12.3 Å². The maximum absolute atomic E-state index is 11.5. The molecule has 0 aromatic carbocycles. The second kappa shape index (κ2) is 5.07. The van der Waals surface area contributed by atoms with Crippen molar-refractivity contribution >= 4 is 25.8 Å². The molecule has 5 nitrogen and oxygen atoms in total. The highest BCUT2D eigenvalue weighted by molar-refractivity contribution is 9.10. The zero-order valence-electron chi connectivity index (χ0n) is 9.69. The van der Waals surface area contributed by atoms with Crippen molar-refractivity contribution in [3.8, 4) is 0 Å². The number of aromatic nitrogens is 2. The first kappa shape index (κ1) is 13.0. The smallest absolute Gasteiger partial charge is 0.151 e. The highest BCUT2D eigenvalue weighted by Gasteiger charge is 2.24. The molecule has 7 heteroatoms. The molecule has 0 radical (unpaired) electrons. The molecule has 96 valence electrons. The van der Waals surface area contributed by atoms with E-state index in [2.05, 4.69) is 26.3 Å². The predicted molar refractivity (Wildman–Crippen MR) is 69.4 cm³/mol. The van der Waals surface area contributed by atoms with Crippen LogP contribution in [0.25, 0.3) is 0 Å². The van der Waals surface area contributed by atoms with Gasteiger partial charge in [0.05, 0.1) is 21.7 Å². The second-order valence-corrected chi connectivity index (χ2v) is 7.51. The maximum atomic E-state index is 11.5. The van der Waals surface area contributed by atoms with Crippen LogP contribution < -0.4 is 5.32 Å². The lowest BCUT2D eigenvalue weighted by molar-refractivity contribution is 0.475. The number of nitrogens with one attached hydrogen (secondary N) is 1. The number of halogens is 1. The number of sulfone groups is 1. The molecule has 2 rings (SSSR count). The Labute approximate surface area is 110 Å². The lowest BCUT2D eigenvalue weighted by atomic mass is 10.2. The van der Waals surface area contributed by atoms with Crippen molar-refractivity contribution in [1.82, 2.24) is 15.1 Å². The number of aryl methyl sites for hydroxylation is 1. The first-order chi connectivity index (χ1) is 7.96. The van der Waals surface area contributed by atoms with E-state index < -0.39 is 9.84 Å². The van der Waals surface area contributed by atoms with Crippen molar-refractivity contribution < 1.29 is 8.42 Å². The van der Waals surface area contributed by atoms with Crippen molar-refractivity contribution in [3.05, 3.63) is 16.4 Å². The molecular weight excluding hydrogens is 306 g/mol. The summed E-state index contributed by atoms with van der Waals surface area (Å²) in [5.74, 6) is 0.579. The van der Waals surface area contributed by atoms with Crippen molar-refractivity contribution in [3.63, 3.8) is 0 Å². The van der Waals surface area contributed by atoms with Gasteiger partial charge >= 0.3 is 0 Å². The van der Waals surface area contributed by atoms with Gasteiger partial charge in [0.1, 0.15) is 0 Å². The zero-order valence-corrected chi connectivity index (χ0v) is 12.1. The highest BCUT2D eigenvalue weighted by Crippen LogP contribution is 2.16. The number of rotatable bonds is 3. The number of hydrogen-bond donors (Lipinski definition) is 1. The Bertz CT molecular complexity index is 498. The van der Waals surface area contributed by atoms with Crippen molar-refractivity contribution in [2.75, 3.05) is 11.5 Å². The minimum atomic E-state index is -2.84. The van der Waals surface area contributed by atoms with Crippen LogP contribution in [0.2, 0.25) is 0 Å². The molecule has 17 heavy (non-hydrogen) atoms. The van der Waals surface area contributed by atoms with Crippen molar-refractivity contribution in [1.29, 1.82) is 0 Å². The van der Waals surface area contributed by atoms with Gasteiger partial charge < -0.3 is 5.32 Å². The Kier molecular flexibility index (Phi) is 3.89. The van der Waals surface area contributed by atoms with Gasteiger partial charge in [0.2, 0.25) is 0 Å². The fraction of sp³-hybridized carbons (Fsp3) is 0.700. The van der Waals surface area contributed by atoms with Gasteiger partial charge in [0.15, 0.2) is 9.84 Å². The predicted octanol–water partition coefficient (Wildman–Crippen LogP) is 0.849. The quantitative estimate of drug-likeness (QED) is 0.896. The molecular formula is C10H16BrN3O2S. The van der Waals surface area contributed by atoms with Crippen LogP contribution in [0.15, 0.2) is 10.7 Å². The number of hydrogen-bond acceptors (Lipinski definition) is 4. The fourth-order valence-electron chi connectivity index (χ4n) is 2.05. The third-order valence-corrected chi connectivity index (χ3v) is 5.36. The first-order valence-electron chi connectivity index (χ1n) is 5.58. The zero-order chi connectivity index (χ0) is 12.5. The lowest BCUT2D eigenvalue weighted by Crippen LogP contribution is -2.39. The average Bonchev–Trinajstić information content (AvgIpc) is 2.53. The van der Waals surface area contributed by atoms with Crippen LogP contribution in [0.3, 0.4) is 0 Å². The third kappa shape index (κ3) is 3.53. The van der Waals surface area contributed by atoms with Crippen LogP contribution in [0.4, 0.5) is 0 Å². The summed E-state index contributed by atoms with van der Waals surface area (Å²) in [6.07, 6.45) is 3.56. The van der Waals surface area contributed by atoms with Gasteiger partial charge in [0, 0.05) is 25.8 Å². The van der Waals surface area contributed by atoms with Crippen LogP contribution in [0, 0.1) is 0 Å². The minimum Gasteiger partial charge on any atom is -0.307 e. The Morgan fingerprint density at radius 3 is 3.00 bits per heavy atom. The molecule has 1 aliphatic heterocycles. The SMILES string of the molecule is Cn1cc(Br)c(CNC2CCCS(=O)(=O)C2)n1. The van der Waals surface area contributed by atoms with E-state index in [-0.39, 0.29) is 11.8 Å². The molecule has 1 fully saturated rings. The van der Waals surface area contributed by atoms with Gasteiger partial charge in [-0.3, -0.25) is 4.68 Å². The van der Waals surface area contributed by atoms with Crippen LogP contribution in [-0.2, 0) is 23.4 Å². The molecule has 1 unspecified atom stereocenters. The molecule has 1 saturated heterocycles. The molecule has 1 N–H and O–H groups in total. The summed E-state index contributed by atoms with van der Waals surface area (Å²) < 4.78 is 25.6. The Hall–Kier alpha value is -0.400. The van der Waals surface area contributed by atoms with Crippen LogP contribution in [0.1, 0.15) is 18.5 Å². The maximum Gasteiger partial charge on any atom is 0.151 e. The van der Waals surface area contributed by atoms with E-state index in [1.807, 2.05) is 13.2 Å². The summed E-state index contributed by atoms with van der Waals surface area (Å²) in [6, 6.07) is 0.0580. The largest absolute Gasteiger partial charge is 0.307 e. The summed E-state index contributed by atoms with van der Waals surface area (Å²) in [5, 5.41) is 7.55. The Balaban J connectivity index is 1.92. The van der Waals surface area contributed by atoms with Gasteiger partial charge in [-0.2, -0.15) is 5.10 Å². The topological polar surface area (TPSA) is 64.0 Å². The molecule has 0 spiro atoms. The number of nitrogens with zero attached hydrogens (tertiary/aromatic N) is 2. The summed E-state index contributed by atoms with van der Waals surface area (Å²) in [7, 11) is -0.981. The van der Waals surface area contributed by atoms with E-state index in [1.54, 1.807) is 4.68 Å². The summed E-state index contributed by atoms with van der Waals surface area (Å²) >= 11 is 3.42. The molecule has 0 saturated carbocycles. The third-order valence-electron chi connectivity index (χ3n) is 2.88. The monoisotopic (exact) mass is 321 g/mol. The summed E-state index contributed by atoms with van der Waals surface area (Å²) in [5.41, 5.74) is 0.912. The van der Waals surface area contributed by atoms with Crippen LogP contribution in [0.5, 0.6) is 0 Å². The van der Waals surface area contributed by atoms with Gasteiger partial charge in [-0.25, -0.2) is 8.42 Å². The summed E-state index contributed by atoms with van der Waals surface area (Å²) in [4.78, 5) is 0. The molecule has 1 aromatic heterocycles. The Morgan fingerprint density at radius 2 is 2.41 bits per heavy atom. The average molecular weight is 322 g/mol. The lowest BCUT2D eigenvalue weighted by Gasteiger charge is -2.22. The molecule has 0 aliphatic carbocycles. The fourth-order valence-corrected chi connectivity index (χ4v) is 4.24. The minimum absolute atomic E-state index is 0.0580. The van der Waals surface area contributed by atoms with Gasteiger partial charge in [-0.1, -0.05) is 0 Å². The normalized spacial score (nSPS) is 23.8. The second-order valence-electron chi connectivity index (χ2n) is 4.43. The Morgan fingerprint density at radius 1 is 1.65 bits per heavy atom. The molecule has 0 amide bonds. The van der Waals surface area contributed by atoms with Gasteiger partial charge in [0.25, 0.3) is 0 Å². The van der Waals surface area contributed by atoms with E-state index in [0.717, 1.165) is 23.0 Å². The van der Waals surface area contributed by atoms with Gasteiger partial charge in [-0.05, 0) is 28.8 Å². The van der Waals surface area contributed by atoms with Crippen LogP contribution in [-0.4, -0.2) is 35.7 Å². The van der Waals surface area contributed by atoms with E-state index >= 15 is 0 Å². The molecule has 2 heterocycles. The summed E-state index contributed by atoms with van der Waals surface area (Å²) in [6.45, 7) is 0.599. The highest BCUT2D eigenvalue weighted by atomic mass is 79.9. The van der Waals surface area contributed by atoms with E-state index in [4.69, 9.17) is 0 Å².